The summed E-state index contributed by atoms with van der Waals surface area (Å²) < 4.78 is 0. The number of nitrogens with two attached hydrogens (primary N) is 2. The van der Waals surface area contributed by atoms with Crippen molar-refractivity contribution in [2.24, 2.45) is 17.4 Å². The number of hydrogen-bond donors (Lipinski definition) is 2. The Bertz CT molecular complexity index is 1020. The lowest BCUT2D eigenvalue weighted by atomic mass is 9.72. The maximum atomic E-state index is 7.34. The Morgan fingerprint density at radius 2 is 1.11 bits per heavy atom. The number of rotatable bonds is 5. The molecule has 0 aliphatic carbocycles. The second kappa shape index (κ2) is 7.38. The van der Waals surface area contributed by atoms with E-state index in [-0.39, 0.29) is 6.04 Å². The van der Waals surface area contributed by atoms with E-state index in [9.17, 15) is 0 Å². The van der Waals surface area contributed by atoms with Gasteiger partial charge >= 0.3 is 0 Å². The Balaban J connectivity index is 2.05. The van der Waals surface area contributed by atoms with Gasteiger partial charge in [-0.15, -0.1) is 0 Å². The van der Waals surface area contributed by atoms with E-state index in [0.29, 0.717) is 5.92 Å². The molecule has 1 unspecified atom stereocenters. The van der Waals surface area contributed by atoms with E-state index in [4.69, 9.17) is 11.5 Å². The summed E-state index contributed by atoms with van der Waals surface area (Å²) in [6.07, 6.45) is 0.850. The molecule has 0 saturated carbocycles. The molecule has 0 amide bonds. The minimum Gasteiger partial charge on any atom is -0.325 e. The SMILES string of the molecule is CC(C)CC(N)C(N)(c1cccc2ccccc12)c1cccc2ccccc12. The van der Waals surface area contributed by atoms with E-state index in [2.05, 4.69) is 98.8 Å². The summed E-state index contributed by atoms with van der Waals surface area (Å²) in [4.78, 5) is 0. The Morgan fingerprint density at radius 1 is 0.679 bits per heavy atom. The van der Waals surface area contributed by atoms with Gasteiger partial charge in [-0.3, -0.25) is 0 Å². The summed E-state index contributed by atoms with van der Waals surface area (Å²) in [5.74, 6) is 0.461. The van der Waals surface area contributed by atoms with Crippen molar-refractivity contribution >= 4 is 21.5 Å². The molecule has 0 radical (unpaired) electrons. The van der Waals surface area contributed by atoms with E-state index < -0.39 is 5.54 Å². The van der Waals surface area contributed by atoms with E-state index in [0.717, 1.165) is 17.5 Å². The maximum absolute atomic E-state index is 7.34. The average molecular weight is 369 g/mol. The molecule has 0 heterocycles. The van der Waals surface area contributed by atoms with Crippen LogP contribution < -0.4 is 11.5 Å². The van der Waals surface area contributed by atoms with Crippen molar-refractivity contribution < 1.29 is 0 Å². The molecular formula is C26H28N2. The van der Waals surface area contributed by atoms with Crippen LogP contribution in [0.5, 0.6) is 0 Å². The molecule has 0 bridgehead atoms. The summed E-state index contributed by atoms with van der Waals surface area (Å²) in [7, 11) is 0. The molecule has 4 rings (SSSR count). The van der Waals surface area contributed by atoms with Crippen molar-refractivity contribution in [1.82, 2.24) is 0 Å². The van der Waals surface area contributed by atoms with Gasteiger partial charge in [0.05, 0.1) is 5.54 Å². The van der Waals surface area contributed by atoms with Gasteiger partial charge in [-0.05, 0) is 45.0 Å². The van der Waals surface area contributed by atoms with Crippen molar-refractivity contribution in [3.63, 3.8) is 0 Å². The van der Waals surface area contributed by atoms with Crippen molar-refractivity contribution in [1.29, 1.82) is 0 Å². The first-order valence-electron chi connectivity index (χ1n) is 10.0. The van der Waals surface area contributed by atoms with Gasteiger partial charge in [-0.25, -0.2) is 0 Å². The molecule has 4 aromatic carbocycles. The van der Waals surface area contributed by atoms with Gasteiger partial charge < -0.3 is 11.5 Å². The first-order valence-corrected chi connectivity index (χ1v) is 10.0. The van der Waals surface area contributed by atoms with Gasteiger partial charge in [0.25, 0.3) is 0 Å². The smallest absolute Gasteiger partial charge is 0.0831 e. The lowest BCUT2D eigenvalue weighted by Gasteiger charge is -2.39. The third-order valence-electron chi connectivity index (χ3n) is 5.78. The fraction of sp³-hybridized carbons (Fsp3) is 0.231. The van der Waals surface area contributed by atoms with E-state index >= 15 is 0 Å². The topological polar surface area (TPSA) is 52.0 Å². The predicted octanol–water partition coefficient (Wildman–Crippen LogP) is 5.57. The molecule has 0 spiro atoms. The number of benzene rings is 4. The molecule has 2 nitrogen and oxygen atoms in total. The predicted molar refractivity (Wildman–Crippen MR) is 120 cm³/mol. The van der Waals surface area contributed by atoms with E-state index in [1.807, 2.05) is 0 Å². The summed E-state index contributed by atoms with van der Waals surface area (Å²) in [5.41, 5.74) is 15.6. The van der Waals surface area contributed by atoms with Crippen LogP contribution in [0.2, 0.25) is 0 Å². The number of fused-ring (bicyclic) bond motifs is 2. The van der Waals surface area contributed by atoms with Gasteiger partial charge in [0, 0.05) is 6.04 Å². The minimum absolute atomic E-state index is 0.205. The monoisotopic (exact) mass is 368 g/mol. The van der Waals surface area contributed by atoms with Gasteiger partial charge in [-0.1, -0.05) is 98.8 Å². The normalized spacial score (nSPS) is 13.3. The van der Waals surface area contributed by atoms with Crippen molar-refractivity contribution in [2.45, 2.75) is 31.8 Å². The molecule has 0 aliphatic heterocycles. The third kappa shape index (κ3) is 3.09. The highest BCUT2D eigenvalue weighted by molar-refractivity contribution is 5.91. The first-order chi connectivity index (χ1) is 13.5. The third-order valence-corrected chi connectivity index (χ3v) is 5.78. The quantitative estimate of drug-likeness (QED) is 0.484. The fourth-order valence-corrected chi connectivity index (χ4v) is 4.41. The summed E-state index contributed by atoms with van der Waals surface area (Å²) in [6, 6.07) is 29.4. The fourth-order valence-electron chi connectivity index (χ4n) is 4.41. The maximum Gasteiger partial charge on any atom is 0.0831 e. The molecule has 0 aromatic heterocycles. The molecule has 142 valence electrons. The standard InChI is InChI=1S/C26H28N2/c1-18(2)17-25(27)26(28,23-15-7-11-19-9-3-5-13-21(19)23)24-16-8-12-20-10-4-6-14-22(20)24/h3-16,18,25H,17,27-28H2,1-2H3. The summed E-state index contributed by atoms with van der Waals surface area (Å²) in [6.45, 7) is 4.40. The molecule has 1 atom stereocenters. The molecule has 4 aromatic rings. The zero-order valence-corrected chi connectivity index (χ0v) is 16.6. The molecule has 4 N–H and O–H groups in total. The molecule has 28 heavy (non-hydrogen) atoms. The Kier molecular flexibility index (Phi) is 4.92. The second-order valence-electron chi connectivity index (χ2n) is 8.16. The highest BCUT2D eigenvalue weighted by atomic mass is 14.9. The minimum atomic E-state index is -0.786. The molecule has 0 saturated heterocycles. The molecule has 0 fully saturated rings. The Labute approximate surface area is 167 Å². The summed E-state index contributed by atoms with van der Waals surface area (Å²) in [5, 5.41) is 4.71. The van der Waals surface area contributed by atoms with Crippen molar-refractivity contribution in [3.8, 4) is 0 Å². The zero-order valence-electron chi connectivity index (χ0n) is 16.6. The van der Waals surface area contributed by atoms with Crippen LogP contribution in [0.1, 0.15) is 31.4 Å². The largest absolute Gasteiger partial charge is 0.325 e. The Hall–Kier alpha value is -2.68. The van der Waals surface area contributed by atoms with Gasteiger partial charge in [0.2, 0.25) is 0 Å². The van der Waals surface area contributed by atoms with E-state index in [1.165, 1.54) is 21.5 Å². The molecule has 2 heteroatoms. The van der Waals surface area contributed by atoms with Crippen LogP contribution in [0.15, 0.2) is 84.9 Å². The van der Waals surface area contributed by atoms with Crippen LogP contribution in [0.25, 0.3) is 21.5 Å². The van der Waals surface area contributed by atoms with Crippen molar-refractivity contribution in [2.75, 3.05) is 0 Å². The number of hydrogen-bond acceptors (Lipinski definition) is 2. The van der Waals surface area contributed by atoms with Crippen LogP contribution >= 0.6 is 0 Å². The lowest BCUT2D eigenvalue weighted by molar-refractivity contribution is 0.363. The van der Waals surface area contributed by atoms with Gasteiger partial charge in [0.15, 0.2) is 0 Å². The van der Waals surface area contributed by atoms with Crippen LogP contribution in [-0.2, 0) is 5.54 Å². The van der Waals surface area contributed by atoms with Crippen LogP contribution in [-0.4, -0.2) is 6.04 Å². The van der Waals surface area contributed by atoms with Gasteiger partial charge in [0.1, 0.15) is 0 Å². The zero-order chi connectivity index (χ0) is 19.7. The summed E-state index contributed by atoms with van der Waals surface area (Å²) >= 11 is 0. The van der Waals surface area contributed by atoms with E-state index in [1.54, 1.807) is 0 Å². The van der Waals surface area contributed by atoms with Crippen molar-refractivity contribution in [3.05, 3.63) is 96.1 Å². The van der Waals surface area contributed by atoms with Crippen LogP contribution in [0.3, 0.4) is 0 Å². The van der Waals surface area contributed by atoms with Gasteiger partial charge in [-0.2, -0.15) is 0 Å². The van der Waals surface area contributed by atoms with Crippen LogP contribution in [0.4, 0.5) is 0 Å². The highest BCUT2D eigenvalue weighted by Crippen LogP contribution is 2.39. The second-order valence-corrected chi connectivity index (χ2v) is 8.16. The lowest BCUT2D eigenvalue weighted by Crippen LogP contribution is -2.54. The first kappa shape index (κ1) is 18.7. The Morgan fingerprint density at radius 3 is 1.57 bits per heavy atom. The molecular weight excluding hydrogens is 340 g/mol. The highest BCUT2D eigenvalue weighted by Gasteiger charge is 2.38. The molecule has 0 aliphatic rings. The average Bonchev–Trinajstić information content (AvgIpc) is 2.72. The van der Waals surface area contributed by atoms with Crippen LogP contribution in [0, 0.1) is 5.92 Å².